The standard InChI is InChI=1S/C7H8.C4H9NO4S/c1-7-5-3-2-4-6-7;5-4(6)2-1-3-10(7,8)9/h2-6H,1H3;1-3H2,(H2,5,6)(H,7,8,9). The Labute approximate surface area is 101 Å². The van der Waals surface area contributed by atoms with E-state index in [-0.39, 0.29) is 12.8 Å². The number of carbonyl (C=O) groups excluding carboxylic acids is 1. The Morgan fingerprint density at radius 2 is 1.82 bits per heavy atom. The maximum absolute atomic E-state index is 10.0. The van der Waals surface area contributed by atoms with Crippen molar-refractivity contribution in [1.29, 1.82) is 0 Å². The molecule has 0 atom stereocenters. The highest BCUT2D eigenvalue weighted by atomic mass is 32.2. The Kier molecular flexibility index (Phi) is 7.16. The molecule has 0 aliphatic rings. The van der Waals surface area contributed by atoms with E-state index in [4.69, 9.17) is 10.3 Å². The van der Waals surface area contributed by atoms with Gasteiger partial charge in [-0.15, -0.1) is 0 Å². The van der Waals surface area contributed by atoms with E-state index < -0.39 is 21.8 Å². The molecule has 1 aromatic rings. The summed E-state index contributed by atoms with van der Waals surface area (Å²) in [5.74, 6) is -0.973. The van der Waals surface area contributed by atoms with Crippen molar-refractivity contribution in [2.24, 2.45) is 5.73 Å². The van der Waals surface area contributed by atoms with Crippen LogP contribution in [0.3, 0.4) is 0 Å². The van der Waals surface area contributed by atoms with Crippen molar-refractivity contribution in [2.45, 2.75) is 19.8 Å². The number of primary amides is 1. The summed E-state index contributed by atoms with van der Waals surface area (Å²) in [5.41, 5.74) is 6.03. The van der Waals surface area contributed by atoms with Crippen LogP contribution >= 0.6 is 0 Å². The van der Waals surface area contributed by atoms with Crippen LogP contribution in [-0.4, -0.2) is 24.6 Å². The molecule has 5 nitrogen and oxygen atoms in total. The maximum atomic E-state index is 10.0. The first-order valence-corrected chi connectivity index (χ1v) is 6.67. The molecule has 96 valence electrons. The van der Waals surface area contributed by atoms with Crippen LogP contribution in [0.25, 0.3) is 0 Å². The fourth-order valence-corrected chi connectivity index (χ4v) is 1.47. The minimum Gasteiger partial charge on any atom is -0.370 e. The molecule has 0 aliphatic carbocycles. The van der Waals surface area contributed by atoms with Gasteiger partial charge in [-0.25, -0.2) is 0 Å². The van der Waals surface area contributed by atoms with Gasteiger partial charge < -0.3 is 5.73 Å². The molecule has 1 aromatic carbocycles. The van der Waals surface area contributed by atoms with Crippen molar-refractivity contribution in [3.63, 3.8) is 0 Å². The van der Waals surface area contributed by atoms with Crippen molar-refractivity contribution in [1.82, 2.24) is 0 Å². The molecule has 1 rings (SSSR count). The fourth-order valence-electron chi connectivity index (χ4n) is 0.963. The lowest BCUT2D eigenvalue weighted by Crippen LogP contribution is -2.13. The third-order valence-corrected chi connectivity index (χ3v) is 2.57. The van der Waals surface area contributed by atoms with Gasteiger partial charge >= 0.3 is 0 Å². The average Bonchev–Trinajstić information content (AvgIpc) is 2.17. The Morgan fingerprint density at radius 1 is 1.29 bits per heavy atom. The Hall–Kier alpha value is -1.40. The summed E-state index contributed by atoms with van der Waals surface area (Å²) < 4.78 is 28.2. The Bertz CT molecular complexity index is 428. The van der Waals surface area contributed by atoms with Gasteiger partial charge in [0.15, 0.2) is 0 Å². The van der Waals surface area contributed by atoms with Gasteiger partial charge in [0.25, 0.3) is 10.1 Å². The minimum absolute atomic E-state index is 0.0141. The molecular formula is C11H17NO4S. The van der Waals surface area contributed by atoms with Crippen LogP contribution in [0.4, 0.5) is 0 Å². The van der Waals surface area contributed by atoms with E-state index >= 15 is 0 Å². The van der Waals surface area contributed by atoms with E-state index in [1.54, 1.807) is 0 Å². The zero-order valence-electron chi connectivity index (χ0n) is 9.67. The minimum atomic E-state index is -3.93. The second-order valence-corrected chi connectivity index (χ2v) is 5.08. The quantitative estimate of drug-likeness (QED) is 0.792. The molecule has 17 heavy (non-hydrogen) atoms. The van der Waals surface area contributed by atoms with Gasteiger partial charge in [0.05, 0.1) is 5.75 Å². The molecule has 0 unspecified atom stereocenters. The molecule has 0 spiro atoms. The summed E-state index contributed by atoms with van der Waals surface area (Å²) in [6.45, 7) is 2.08. The van der Waals surface area contributed by atoms with Gasteiger partial charge in [0.2, 0.25) is 5.91 Å². The highest BCUT2D eigenvalue weighted by molar-refractivity contribution is 7.85. The van der Waals surface area contributed by atoms with Crippen LogP contribution in [0.2, 0.25) is 0 Å². The third-order valence-electron chi connectivity index (χ3n) is 1.77. The van der Waals surface area contributed by atoms with Gasteiger partial charge in [-0.1, -0.05) is 35.9 Å². The molecule has 0 fully saturated rings. The number of rotatable bonds is 4. The smallest absolute Gasteiger partial charge is 0.264 e. The van der Waals surface area contributed by atoms with E-state index in [0.717, 1.165) is 0 Å². The molecule has 0 heterocycles. The van der Waals surface area contributed by atoms with E-state index in [1.165, 1.54) is 5.56 Å². The first-order chi connectivity index (χ1) is 7.81. The predicted molar refractivity (Wildman–Crippen MR) is 66.0 cm³/mol. The van der Waals surface area contributed by atoms with Gasteiger partial charge in [0, 0.05) is 6.42 Å². The number of amides is 1. The molecule has 0 saturated heterocycles. The molecule has 6 heteroatoms. The number of benzene rings is 1. The van der Waals surface area contributed by atoms with Crippen molar-refractivity contribution in [3.8, 4) is 0 Å². The van der Waals surface area contributed by atoms with Gasteiger partial charge in [0.1, 0.15) is 0 Å². The van der Waals surface area contributed by atoms with Crippen LogP contribution in [0.1, 0.15) is 18.4 Å². The van der Waals surface area contributed by atoms with Crippen molar-refractivity contribution >= 4 is 16.0 Å². The summed E-state index contributed by atoms with van der Waals surface area (Å²) in [6, 6.07) is 10.3. The number of nitrogens with two attached hydrogens (primary N) is 1. The SMILES string of the molecule is Cc1ccccc1.NC(=O)CCCS(=O)(=O)O. The molecule has 3 N–H and O–H groups in total. The molecule has 0 aromatic heterocycles. The van der Waals surface area contributed by atoms with Crippen molar-refractivity contribution in [3.05, 3.63) is 35.9 Å². The Morgan fingerprint density at radius 3 is 2.12 bits per heavy atom. The number of hydrogen-bond acceptors (Lipinski definition) is 3. The van der Waals surface area contributed by atoms with Crippen LogP contribution in [0, 0.1) is 6.92 Å². The molecule has 0 saturated carbocycles. The monoisotopic (exact) mass is 259 g/mol. The highest BCUT2D eigenvalue weighted by Crippen LogP contribution is 1.92. The lowest BCUT2D eigenvalue weighted by molar-refractivity contribution is -0.118. The third kappa shape index (κ3) is 12.5. The normalized spacial score (nSPS) is 10.2. The van der Waals surface area contributed by atoms with Gasteiger partial charge in [-0.05, 0) is 13.3 Å². The second kappa shape index (κ2) is 7.81. The topological polar surface area (TPSA) is 97.5 Å². The van der Waals surface area contributed by atoms with Crippen LogP contribution in [-0.2, 0) is 14.9 Å². The van der Waals surface area contributed by atoms with E-state index in [1.807, 2.05) is 18.2 Å². The molecule has 0 bridgehead atoms. The average molecular weight is 259 g/mol. The summed E-state index contributed by atoms with van der Waals surface area (Å²) >= 11 is 0. The predicted octanol–water partition coefficient (Wildman–Crippen LogP) is 1.13. The molecule has 1 amide bonds. The highest BCUT2D eigenvalue weighted by Gasteiger charge is 2.04. The first kappa shape index (κ1) is 15.6. The molecule has 0 radical (unpaired) electrons. The van der Waals surface area contributed by atoms with E-state index in [0.29, 0.717) is 0 Å². The number of carbonyl (C=O) groups is 1. The zero-order chi connectivity index (χ0) is 13.3. The zero-order valence-corrected chi connectivity index (χ0v) is 10.5. The van der Waals surface area contributed by atoms with Crippen LogP contribution in [0.5, 0.6) is 0 Å². The van der Waals surface area contributed by atoms with Crippen LogP contribution < -0.4 is 5.73 Å². The lowest BCUT2D eigenvalue weighted by Gasteiger charge is -1.92. The van der Waals surface area contributed by atoms with Crippen molar-refractivity contribution < 1.29 is 17.8 Å². The molecular weight excluding hydrogens is 242 g/mol. The molecule has 0 aliphatic heterocycles. The summed E-state index contributed by atoms with van der Waals surface area (Å²) in [7, 11) is -3.93. The number of aryl methyl sites for hydroxylation is 1. The maximum Gasteiger partial charge on any atom is 0.264 e. The van der Waals surface area contributed by atoms with Gasteiger partial charge in [-0.3, -0.25) is 9.35 Å². The fraction of sp³-hybridized carbons (Fsp3) is 0.364. The largest absolute Gasteiger partial charge is 0.370 e. The van der Waals surface area contributed by atoms with Gasteiger partial charge in [-0.2, -0.15) is 8.42 Å². The van der Waals surface area contributed by atoms with Crippen LogP contribution in [0.15, 0.2) is 30.3 Å². The summed E-state index contributed by atoms with van der Waals surface area (Å²) in [5, 5.41) is 0. The first-order valence-electron chi connectivity index (χ1n) is 5.06. The summed E-state index contributed by atoms with van der Waals surface area (Å²) in [6.07, 6.45) is 0.0634. The van der Waals surface area contributed by atoms with E-state index in [2.05, 4.69) is 19.1 Å². The Balaban J connectivity index is 0.000000318. The lowest BCUT2D eigenvalue weighted by atomic mass is 10.2. The van der Waals surface area contributed by atoms with E-state index in [9.17, 15) is 13.2 Å². The van der Waals surface area contributed by atoms with Crippen molar-refractivity contribution in [2.75, 3.05) is 5.75 Å². The second-order valence-electron chi connectivity index (χ2n) is 3.51. The number of hydrogen-bond donors (Lipinski definition) is 2. The summed E-state index contributed by atoms with van der Waals surface area (Å²) in [4.78, 5) is 10.0.